The number of carbonyl (C=O) groups is 1. The average Bonchev–Trinajstić information content (AvgIpc) is 2.55. The molecule has 1 aromatic heterocycles. The molecule has 67 valence electrons. The molecule has 0 fully saturated rings. The number of rotatable bonds is 1. The summed E-state index contributed by atoms with van der Waals surface area (Å²) in [6, 6.07) is 3.79. The van der Waals surface area contributed by atoms with Gasteiger partial charge >= 0.3 is 0 Å². The normalized spacial score (nSPS) is 13.8. The Balaban J connectivity index is 0.000000720. The molecule has 0 atom stereocenters. The van der Waals surface area contributed by atoms with Crippen LogP contribution in [0.2, 0.25) is 0 Å². The molecule has 1 aliphatic rings. The minimum Gasteiger partial charge on any atom is -0.382 e. The molecule has 3 nitrogen and oxygen atoms in total. The molecular weight excluding hydrogens is 163 g/mol. The first kappa shape index (κ1) is 11.6. The Morgan fingerprint density at radius 3 is 2.38 bits per heavy atom. The van der Waals surface area contributed by atoms with Crippen LogP contribution in [0.1, 0.15) is 7.43 Å². The van der Waals surface area contributed by atoms with E-state index in [1.165, 1.54) is 0 Å². The highest BCUT2D eigenvalue weighted by molar-refractivity contribution is 6.17. The van der Waals surface area contributed by atoms with Gasteiger partial charge in [0, 0.05) is 27.0 Å². The van der Waals surface area contributed by atoms with E-state index in [9.17, 15) is 4.79 Å². The Kier molecular flexibility index (Phi) is 4.04. The molecule has 0 saturated heterocycles. The van der Waals surface area contributed by atoms with Crippen molar-refractivity contribution in [3.05, 3.63) is 30.7 Å². The number of carbonyl (C=O) groups excluding carboxylic acids is 1. The third kappa shape index (κ3) is 2.02. The maximum atomic E-state index is 11.1. The van der Waals surface area contributed by atoms with Crippen LogP contribution >= 0.6 is 0 Å². The molecular formula is C9H12BN2O. The largest absolute Gasteiger partial charge is 0.382 e. The fourth-order valence-corrected chi connectivity index (χ4v) is 1.13. The van der Waals surface area contributed by atoms with Gasteiger partial charge in [0.25, 0.3) is 0 Å². The lowest BCUT2D eigenvalue weighted by Gasteiger charge is -1.98. The molecule has 0 aliphatic carbocycles. The predicted molar refractivity (Wildman–Crippen MR) is 54.2 cm³/mol. The lowest BCUT2D eigenvalue weighted by atomic mass is 10.3. The zero-order valence-electron chi connectivity index (χ0n) is 6.53. The van der Waals surface area contributed by atoms with E-state index in [0.717, 1.165) is 5.70 Å². The lowest BCUT2D eigenvalue weighted by molar-refractivity contribution is -0.112. The molecule has 0 aromatic carbocycles. The van der Waals surface area contributed by atoms with Gasteiger partial charge < -0.3 is 9.88 Å². The number of hydrogen-bond acceptors (Lipinski definition) is 2. The van der Waals surface area contributed by atoms with Crippen LogP contribution < -0.4 is 5.32 Å². The van der Waals surface area contributed by atoms with Crippen LogP contribution in [0.5, 0.6) is 0 Å². The summed E-state index contributed by atoms with van der Waals surface area (Å²) in [6.45, 7) is 0.424. The zero-order chi connectivity index (χ0) is 7.68. The summed E-state index contributed by atoms with van der Waals surface area (Å²) >= 11 is 0. The van der Waals surface area contributed by atoms with E-state index in [2.05, 4.69) is 5.32 Å². The molecule has 0 bridgehead atoms. The highest BCUT2D eigenvalue weighted by atomic mass is 16.1. The molecule has 0 amide bonds. The second kappa shape index (κ2) is 4.55. The molecule has 2 rings (SSSR count). The topological polar surface area (TPSA) is 34.0 Å². The third-order valence-corrected chi connectivity index (χ3v) is 1.67. The number of nitrogens with one attached hydrogen (secondary N) is 1. The lowest BCUT2D eigenvalue weighted by Crippen LogP contribution is -2.10. The molecule has 3 radical (unpaired) electrons. The van der Waals surface area contributed by atoms with E-state index in [1.54, 1.807) is 6.20 Å². The summed E-state index contributed by atoms with van der Waals surface area (Å²) in [7, 11) is 0. The summed E-state index contributed by atoms with van der Waals surface area (Å²) < 4.78 is 1.81. The van der Waals surface area contributed by atoms with E-state index < -0.39 is 0 Å². The smallest absolute Gasteiger partial charge is 0.199 e. The first-order valence-electron chi connectivity index (χ1n) is 3.48. The van der Waals surface area contributed by atoms with Crippen molar-refractivity contribution in [2.75, 3.05) is 6.54 Å². The van der Waals surface area contributed by atoms with Crippen molar-refractivity contribution in [2.24, 2.45) is 0 Å². The monoisotopic (exact) mass is 175 g/mol. The van der Waals surface area contributed by atoms with Crippen molar-refractivity contribution in [1.82, 2.24) is 9.88 Å². The Bertz CT molecular complexity index is 303. The van der Waals surface area contributed by atoms with Gasteiger partial charge in [-0.25, -0.2) is 0 Å². The van der Waals surface area contributed by atoms with Gasteiger partial charge in [-0.3, -0.25) is 4.79 Å². The van der Waals surface area contributed by atoms with Crippen LogP contribution in [0, 0.1) is 0 Å². The molecule has 0 saturated carbocycles. The van der Waals surface area contributed by atoms with Gasteiger partial charge in [-0.15, -0.1) is 0 Å². The second-order valence-corrected chi connectivity index (χ2v) is 2.42. The van der Waals surface area contributed by atoms with E-state index in [1.807, 2.05) is 29.1 Å². The Morgan fingerprint density at radius 1 is 1.31 bits per heavy atom. The van der Waals surface area contributed by atoms with Crippen molar-refractivity contribution in [3.63, 3.8) is 0 Å². The minimum atomic E-state index is 0. The molecule has 13 heavy (non-hydrogen) atoms. The van der Waals surface area contributed by atoms with Gasteiger partial charge in [-0.1, -0.05) is 7.43 Å². The Hall–Kier alpha value is -1.45. The number of aromatic nitrogens is 1. The van der Waals surface area contributed by atoms with E-state index in [-0.39, 0.29) is 21.6 Å². The van der Waals surface area contributed by atoms with Crippen molar-refractivity contribution in [3.8, 4) is 0 Å². The van der Waals surface area contributed by atoms with Gasteiger partial charge in [0.05, 0.1) is 6.54 Å². The van der Waals surface area contributed by atoms with Crippen LogP contribution in [-0.2, 0) is 4.79 Å². The quantitative estimate of drug-likeness (QED) is 0.638. The first-order chi connectivity index (χ1) is 5.38. The summed E-state index contributed by atoms with van der Waals surface area (Å²) in [5, 5.41) is 2.88. The van der Waals surface area contributed by atoms with Crippen molar-refractivity contribution < 1.29 is 4.79 Å². The second-order valence-electron chi connectivity index (χ2n) is 2.42. The fourth-order valence-electron chi connectivity index (χ4n) is 1.13. The number of hydrogen-bond donors (Lipinski definition) is 1. The van der Waals surface area contributed by atoms with Crippen molar-refractivity contribution in [1.29, 1.82) is 0 Å². The molecule has 1 aromatic rings. The van der Waals surface area contributed by atoms with Gasteiger partial charge in [-0.05, 0) is 12.1 Å². The summed E-state index contributed by atoms with van der Waals surface area (Å²) in [5.74, 6) is 0.140. The number of ketones is 1. The molecule has 1 aliphatic heterocycles. The SMILES string of the molecule is C.O=C1CNC=C1n1cccc1.[B]. The van der Waals surface area contributed by atoms with Gasteiger partial charge in [0.15, 0.2) is 5.78 Å². The predicted octanol–water partition coefficient (Wildman–Crippen LogP) is 0.714. The van der Waals surface area contributed by atoms with Crippen LogP contribution in [0.25, 0.3) is 5.70 Å². The average molecular weight is 175 g/mol. The van der Waals surface area contributed by atoms with Crippen molar-refractivity contribution in [2.45, 2.75) is 7.43 Å². The molecule has 1 N–H and O–H groups in total. The number of nitrogens with zero attached hydrogens (tertiary/aromatic N) is 1. The van der Waals surface area contributed by atoms with Crippen molar-refractivity contribution >= 4 is 19.9 Å². The zero-order valence-corrected chi connectivity index (χ0v) is 6.53. The molecule has 2 heterocycles. The highest BCUT2D eigenvalue weighted by Gasteiger charge is 2.14. The first-order valence-corrected chi connectivity index (χ1v) is 3.48. The summed E-state index contributed by atoms with van der Waals surface area (Å²) in [4.78, 5) is 11.1. The highest BCUT2D eigenvalue weighted by Crippen LogP contribution is 2.08. The van der Waals surface area contributed by atoms with E-state index in [0.29, 0.717) is 6.54 Å². The van der Waals surface area contributed by atoms with E-state index >= 15 is 0 Å². The Morgan fingerprint density at radius 2 is 1.92 bits per heavy atom. The van der Waals surface area contributed by atoms with Crippen LogP contribution in [0.15, 0.2) is 30.7 Å². The fraction of sp³-hybridized carbons (Fsp3) is 0.222. The number of Topliss-reactive ketones (excluding diaryl/α,β-unsaturated/α-hetero) is 1. The van der Waals surface area contributed by atoms with Gasteiger partial charge in [-0.2, -0.15) is 0 Å². The molecule has 0 spiro atoms. The van der Waals surface area contributed by atoms with Gasteiger partial charge in [0.1, 0.15) is 5.70 Å². The van der Waals surface area contributed by atoms with Crippen LogP contribution in [-0.4, -0.2) is 25.3 Å². The maximum absolute atomic E-state index is 11.1. The van der Waals surface area contributed by atoms with E-state index in [4.69, 9.17) is 0 Å². The van der Waals surface area contributed by atoms with Gasteiger partial charge in [0.2, 0.25) is 0 Å². The van der Waals surface area contributed by atoms with Crippen LogP contribution in [0.4, 0.5) is 0 Å². The summed E-state index contributed by atoms with van der Waals surface area (Å²) in [5.41, 5.74) is 0.718. The summed E-state index contributed by atoms with van der Waals surface area (Å²) in [6.07, 6.45) is 5.45. The third-order valence-electron chi connectivity index (χ3n) is 1.67. The van der Waals surface area contributed by atoms with Crippen LogP contribution in [0.3, 0.4) is 0 Å². The standard InChI is InChI=1S/C8H8N2O.CH4.B/c11-8-6-9-5-7(8)10-3-1-2-4-10;;/h1-5,9H,6H2;1H4;. The molecule has 0 unspecified atom stereocenters. The Labute approximate surface area is 80.0 Å². The minimum absolute atomic E-state index is 0. The maximum Gasteiger partial charge on any atom is 0.199 e. The molecule has 4 heteroatoms.